The minimum absolute atomic E-state index is 0.246. The highest BCUT2D eigenvalue weighted by atomic mass is 16.5. The molecule has 1 aromatic carbocycles. The Hall–Kier alpha value is -2.54. The van der Waals surface area contributed by atoms with Crippen molar-refractivity contribution in [1.29, 1.82) is 0 Å². The lowest BCUT2D eigenvalue weighted by Gasteiger charge is -2.15. The van der Waals surface area contributed by atoms with Crippen LogP contribution in [0.25, 0.3) is 0 Å². The van der Waals surface area contributed by atoms with Crippen molar-refractivity contribution in [2.75, 3.05) is 6.61 Å². The third-order valence-electron chi connectivity index (χ3n) is 3.26. The highest BCUT2D eigenvalue weighted by molar-refractivity contribution is 5.95. The van der Waals surface area contributed by atoms with Crippen LogP contribution < -0.4 is 0 Å². The molecular formula is C22H28O4. The zero-order valence-electron chi connectivity index (χ0n) is 16.3. The summed E-state index contributed by atoms with van der Waals surface area (Å²) in [4.78, 5) is 24.5. The molecule has 1 rings (SSSR count). The van der Waals surface area contributed by atoms with Crippen LogP contribution in [-0.4, -0.2) is 24.6 Å². The average molecular weight is 356 g/mol. The van der Waals surface area contributed by atoms with Crippen LogP contribution in [0.3, 0.4) is 0 Å². The molecule has 0 aromatic heterocycles. The van der Waals surface area contributed by atoms with Crippen LogP contribution in [0.2, 0.25) is 0 Å². The van der Waals surface area contributed by atoms with Crippen molar-refractivity contribution in [3.05, 3.63) is 47.5 Å². The molecule has 0 aliphatic carbocycles. The van der Waals surface area contributed by atoms with Gasteiger partial charge in [-0.25, -0.2) is 9.59 Å². The zero-order valence-corrected chi connectivity index (χ0v) is 16.3. The molecule has 0 aliphatic rings. The van der Waals surface area contributed by atoms with Crippen LogP contribution in [-0.2, 0) is 9.47 Å². The topological polar surface area (TPSA) is 52.6 Å². The van der Waals surface area contributed by atoms with Crippen LogP contribution in [0, 0.1) is 23.7 Å². The van der Waals surface area contributed by atoms with Gasteiger partial charge in [0.15, 0.2) is 6.10 Å². The van der Waals surface area contributed by atoms with Crippen LogP contribution >= 0.6 is 0 Å². The average Bonchev–Trinajstić information content (AvgIpc) is 2.57. The van der Waals surface area contributed by atoms with Crippen molar-refractivity contribution in [3.8, 4) is 11.8 Å². The second-order valence-corrected chi connectivity index (χ2v) is 7.15. The smallest absolute Gasteiger partial charge is 0.339 e. The monoisotopic (exact) mass is 356 g/mol. The summed E-state index contributed by atoms with van der Waals surface area (Å²) in [5.74, 6) is 5.42. The normalized spacial score (nSPS) is 11.5. The van der Waals surface area contributed by atoms with Gasteiger partial charge in [-0.3, -0.25) is 0 Å². The van der Waals surface area contributed by atoms with Crippen molar-refractivity contribution < 1.29 is 19.1 Å². The lowest BCUT2D eigenvalue weighted by Crippen LogP contribution is -2.19. The quantitative estimate of drug-likeness (QED) is 0.527. The minimum atomic E-state index is -0.518. The van der Waals surface area contributed by atoms with Crippen LogP contribution in [0.15, 0.2) is 36.4 Å². The summed E-state index contributed by atoms with van der Waals surface area (Å²) in [5, 5.41) is 0. The van der Waals surface area contributed by atoms with Crippen LogP contribution in [0.4, 0.5) is 0 Å². The molecule has 4 heteroatoms. The molecule has 0 saturated carbocycles. The lowest BCUT2D eigenvalue weighted by atomic mass is 10.1. The SMILES string of the molecule is C=C(C)C#CC(CC(C)C)OC(=O)c1cccc(C(=O)OCC(C)C)c1. The van der Waals surface area contributed by atoms with Crippen molar-refractivity contribution in [2.45, 2.75) is 47.1 Å². The molecule has 0 spiro atoms. The second kappa shape index (κ2) is 10.5. The third-order valence-corrected chi connectivity index (χ3v) is 3.26. The van der Waals surface area contributed by atoms with Gasteiger partial charge < -0.3 is 9.47 Å². The summed E-state index contributed by atoms with van der Waals surface area (Å²) >= 11 is 0. The second-order valence-electron chi connectivity index (χ2n) is 7.15. The van der Waals surface area contributed by atoms with E-state index in [0.29, 0.717) is 35.6 Å². The fraction of sp³-hybridized carbons (Fsp3) is 0.455. The largest absolute Gasteiger partial charge is 0.462 e. The summed E-state index contributed by atoms with van der Waals surface area (Å²) in [7, 11) is 0. The highest BCUT2D eigenvalue weighted by Crippen LogP contribution is 2.13. The maximum absolute atomic E-state index is 12.5. The van der Waals surface area contributed by atoms with Crippen molar-refractivity contribution in [2.24, 2.45) is 11.8 Å². The van der Waals surface area contributed by atoms with Crippen molar-refractivity contribution in [1.82, 2.24) is 0 Å². The van der Waals surface area contributed by atoms with E-state index in [0.717, 1.165) is 0 Å². The fourth-order valence-corrected chi connectivity index (χ4v) is 2.06. The van der Waals surface area contributed by atoms with E-state index in [1.807, 2.05) is 27.7 Å². The maximum Gasteiger partial charge on any atom is 0.339 e. The Labute approximate surface area is 156 Å². The van der Waals surface area contributed by atoms with E-state index in [9.17, 15) is 9.59 Å². The number of hydrogen-bond donors (Lipinski definition) is 0. The Morgan fingerprint density at radius 2 is 1.69 bits per heavy atom. The van der Waals surface area contributed by atoms with E-state index in [-0.39, 0.29) is 5.92 Å². The molecule has 0 aliphatic heterocycles. The first-order chi connectivity index (χ1) is 12.2. The predicted octanol–water partition coefficient (Wildman–Crippen LogP) is 4.65. The van der Waals surface area contributed by atoms with E-state index in [2.05, 4.69) is 18.4 Å². The third kappa shape index (κ3) is 8.02. The number of esters is 2. The Morgan fingerprint density at radius 3 is 2.23 bits per heavy atom. The highest BCUT2D eigenvalue weighted by Gasteiger charge is 2.17. The lowest BCUT2D eigenvalue weighted by molar-refractivity contribution is 0.0377. The Morgan fingerprint density at radius 1 is 1.08 bits per heavy atom. The standard InChI is InChI=1S/C22H28O4/c1-15(2)10-11-20(12-16(3)4)26-22(24)19-9-7-8-18(13-19)21(23)25-14-17(5)6/h7-9,13,16-17,20H,1,12,14H2,2-6H3. The molecule has 140 valence electrons. The predicted molar refractivity (Wildman–Crippen MR) is 103 cm³/mol. The summed E-state index contributed by atoms with van der Waals surface area (Å²) in [6.07, 6.45) is 0.109. The summed E-state index contributed by atoms with van der Waals surface area (Å²) in [6, 6.07) is 6.36. The van der Waals surface area contributed by atoms with Crippen LogP contribution in [0.5, 0.6) is 0 Å². The fourth-order valence-electron chi connectivity index (χ4n) is 2.06. The molecular weight excluding hydrogens is 328 g/mol. The number of hydrogen-bond acceptors (Lipinski definition) is 4. The molecule has 1 aromatic rings. The van der Waals surface area contributed by atoms with E-state index >= 15 is 0 Å². The van der Waals surface area contributed by atoms with Gasteiger partial charge in [-0.2, -0.15) is 0 Å². The summed E-state index contributed by atoms with van der Waals surface area (Å²) < 4.78 is 10.7. The number of rotatable bonds is 7. The first-order valence-electron chi connectivity index (χ1n) is 8.84. The Bertz CT molecular complexity index is 704. The van der Waals surface area contributed by atoms with E-state index < -0.39 is 18.0 Å². The molecule has 0 saturated heterocycles. The van der Waals surface area contributed by atoms with Gasteiger partial charge in [-0.1, -0.05) is 52.2 Å². The molecule has 1 atom stereocenters. The first kappa shape index (κ1) is 21.5. The van der Waals surface area contributed by atoms with Crippen molar-refractivity contribution in [3.63, 3.8) is 0 Å². The number of allylic oxidation sites excluding steroid dienone is 1. The van der Waals surface area contributed by atoms with E-state index in [1.165, 1.54) is 6.07 Å². The number of ether oxygens (including phenoxy) is 2. The van der Waals surface area contributed by atoms with E-state index in [1.54, 1.807) is 25.1 Å². The van der Waals surface area contributed by atoms with Gasteiger partial charge in [-0.15, -0.1) is 0 Å². The van der Waals surface area contributed by atoms with Gasteiger partial charge in [0.2, 0.25) is 0 Å². The minimum Gasteiger partial charge on any atom is -0.462 e. The zero-order chi connectivity index (χ0) is 19.7. The van der Waals surface area contributed by atoms with Gasteiger partial charge in [0.25, 0.3) is 0 Å². The molecule has 0 fully saturated rings. The number of carbonyl (C=O) groups is 2. The Balaban J connectivity index is 2.88. The van der Waals surface area contributed by atoms with Crippen molar-refractivity contribution >= 4 is 11.9 Å². The first-order valence-corrected chi connectivity index (χ1v) is 8.84. The van der Waals surface area contributed by atoms with Gasteiger partial charge in [0, 0.05) is 0 Å². The molecule has 4 nitrogen and oxygen atoms in total. The number of carbonyl (C=O) groups excluding carboxylic acids is 2. The summed E-state index contributed by atoms with van der Waals surface area (Å²) in [6.45, 7) is 13.9. The molecule has 0 radical (unpaired) electrons. The van der Waals surface area contributed by atoms with E-state index in [4.69, 9.17) is 9.47 Å². The van der Waals surface area contributed by atoms with Gasteiger partial charge >= 0.3 is 11.9 Å². The molecule has 1 unspecified atom stereocenters. The number of benzene rings is 1. The van der Waals surface area contributed by atoms with Crippen LogP contribution in [0.1, 0.15) is 61.8 Å². The molecule has 26 heavy (non-hydrogen) atoms. The maximum atomic E-state index is 12.5. The molecule has 0 heterocycles. The molecule has 0 amide bonds. The van der Waals surface area contributed by atoms with Gasteiger partial charge in [0.05, 0.1) is 17.7 Å². The van der Waals surface area contributed by atoms with Gasteiger partial charge in [0.1, 0.15) is 0 Å². The van der Waals surface area contributed by atoms with Gasteiger partial charge in [-0.05, 0) is 49.0 Å². The molecule has 0 bridgehead atoms. The summed E-state index contributed by atoms with van der Waals surface area (Å²) in [5.41, 5.74) is 1.34. The Kier molecular flexibility index (Phi) is 8.64. The molecule has 0 N–H and O–H groups in total.